The van der Waals surface area contributed by atoms with E-state index in [2.05, 4.69) is 64.1 Å². The zero-order valence-electron chi connectivity index (χ0n) is 14.6. The molecule has 1 aliphatic rings. The summed E-state index contributed by atoms with van der Waals surface area (Å²) in [5.41, 5.74) is 2.32. The molecule has 0 unspecified atom stereocenters. The van der Waals surface area contributed by atoms with Gasteiger partial charge in [0.25, 0.3) is 0 Å². The lowest BCUT2D eigenvalue weighted by Crippen LogP contribution is -2.51. The van der Waals surface area contributed by atoms with Crippen molar-refractivity contribution < 1.29 is 0 Å². The minimum absolute atomic E-state index is 0.423. The highest BCUT2D eigenvalue weighted by Gasteiger charge is 2.30. The lowest BCUT2D eigenvalue weighted by atomic mass is 9.92. The number of piperidine rings is 1. The molecule has 2 aromatic rings. The predicted octanol–water partition coefficient (Wildman–Crippen LogP) is 3.79. The molecule has 1 aliphatic heterocycles. The van der Waals surface area contributed by atoms with E-state index in [-0.39, 0.29) is 0 Å². The second-order valence-electron chi connectivity index (χ2n) is 6.78. The molecule has 0 N–H and O–H groups in total. The lowest BCUT2D eigenvalue weighted by Gasteiger charge is -2.42. The van der Waals surface area contributed by atoms with Crippen LogP contribution in [0.4, 0.5) is 5.82 Å². The van der Waals surface area contributed by atoms with Gasteiger partial charge in [0.2, 0.25) is 0 Å². The molecule has 3 rings (SSSR count). The molecular formula is C19H25ClN4. The number of aromatic nitrogens is 2. The first-order valence-electron chi connectivity index (χ1n) is 8.52. The summed E-state index contributed by atoms with van der Waals surface area (Å²) in [5.74, 6) is 1.56. The molecule has 1 aromatic carbocycles. The van der Waals surface area contributed by atoms with Gasteiger partial charge >= 0.3 is 0 Å². The average molecular weight is 345 g/mol. The number of benzene rings is 1. The number of hydrogen-bond acceptors (Lipinski definition) is 4. The molecule has 0 bridgehead atoms. The van der Waals surface area contributed by atoms with Crippen LogP contribution in [-0.2, 0) is 6.54 Å². The summed E-state index contributed by atoms with van der Waals surface area (Å²) in [6, 6.07) is 11.1. The number of likely N-dealkylation sites (N-methyl/N-ethyl adjacent to an activating group) is 1. The first kappa shape index (κ1) is 17.2. The molecule has 0 radical (unpaired) electrons. The van der Waals surface area contributed by atoms with Crippen LogP contribution in [0.15, 0.2) is 36.7 Å². The molecule has 5 heteroatoms. The SMILES string of the molecule is Cc1c(Cl)ncnc1N(C)[C@H]1CN(Cc2ccccc2)CC[C@H]1C. The second-order valence-corrected chi connectivity index (χ2v) is 7.14. The summed E-state index contributed by atoms with van der Waals surface area (Å²) >= 11 is 6.18. The van der Waals surface area contributed by atoms with E-state index in [0.29, 0.717) is 17.1 Å². The van der Waals surface area contributed by atoms with Gasteiger partial charge in [-0.2, -0.15) is 0 Å². The highest BCUT2D eigenvalue weighted by molar-refractivity contribution is 6.30. The summed E-state index contributed by atoms with van der Waals surface area (Å²) in [6.45, 7) is 7.50. The predicted molar refractivity (Wildman–Crippen MR) is 99.5 cm³/mol. The van der Waals surface area contributed by atoms with Crippen molar-refractivity contribution in [2.75, 3.05) is 25.0 Å². The number of nitrogens with zero attached hydrogens (tertiary/aromatic N) is 4. The van der Waals surface area contributed by atoms with Crippen molar-refractivity contribution in [2.24, 2.45) is 5.92 Å². The van der Waals surface area contributed by atoms with Crippen LogP contribution < -0.4 is 4.90 Å². The average Bonchev–Trinajstić information content (AvgIpc) is 2.59. The molecule has 0 saturated carbocycles. The van der Waals surface area contributed by atoms with Crippen LogP contribution in [0, 0.1) is 12.8 Å². The zero-order chi connectivity index (χ0) is 17.1. The lowest BCUT2D eigenvalue weighted by molar-refractivity contribution is 0.159. The van der Waals surface area contributed by atoms with E-state index in [4.69, 9.17) is 11.6 Å². The highest BCUT2D eigenvalue weighted by atomic mass is 35.5. The van der Waals surface area contributed by atoms with Crippen molar-refractivity contribution in [1.82, 2.24) is 14.9 Å². The third-order valence-corrected chi connectivity index (χ3v) is 5.46. The van der Waals surface area contributed by atoms with Gasteiger partial charge in [-0.1, -0.05) is 48.9 Å². The van der Waals surface area contributed by atoms with E-state index in [1.54, 1.807) is 6.33 Å². The van der Waals surface area contributed by atoms with Crippen molar-refractivity contribution in [1.29, 1.82) is 0 Å². The van der Waals surface area contributed by atoms with Crippen LogP contribution in [0.1, 0.15) is 24.5 Å². The van der Waals surface area contributed by atoms with Crippen molar-refractivity contribution in [3.63, 3.8) is 0 Å². The number of rotatable bonds is 4. The Morgan fingerprint density at radius 1 is 1.25 bits per heavy atom. The monoisotopic (exact) mass is 344 g/mol. The van der Waals surface area contributed by atoms with Crippen LogP contribution in [0.2, 0.25) is 5.15 Å². The molecular weight excluding hydrogens is 320 g/mol. The Labute approximate surface area is 149 Å². The first-order chi connectivity index (χ1) is 11.6. The first-order valence-corrected chi connectivity index (χ1v) is 8.90. The van der Waals surface area contributed by atoms with Crippen molar-refractivity contribution in [3.05, 3.63) is 52.9 Å². The molecule has 1 fully saturated rings. The molecule has 0 amide bonds. The molecule has 4 nitrogen and oxygen atoms in total. The Hall–Kier alpha value is -1.65. The minimum Gasteiger partial charge on any atom is -0.355 e. The fraction of sp³-hybridized carbons (Fsp3) is 0.474. The van der Waals surface area contributed by atoms with Gasteiger partial charge in [-0.25, -0.2) is 9.97 Å². The van der Waals surface area contributed by atoms with Gasteiger partial charge in [-0.15, -0.1) is 0 Å². The van der Waals surface area contributed by atoms with Crippen molar-refractivity contribution >= 4 is 17.4 Å². The summed E-state index contributed by atoms with van der Waals surface area (Å²) in [7, 11) is 2.12. The Kier molecular flexibility index (Phi) is 5.36. The zero-order valence-corrected chi connectivity index (χ0v) is 15.4. The van der Waals surface area contributed by atoms with Crippen LogP contribution in [0.5, 0.6) is 0 Å². The maximum Gasteiger partial charge on any atom is 0.137 e. The minimum atomic E-state index is 0.423. The number of hydrogen-bond donors (Lipinski definition) is 0. The Morgan fingerprint density at radius 2 is 2.00 bits per heavy atom. The largest absolute Gasteiger partial charge is 0.355 e. The van der Waals surface area contributed by atoms with E-state index >= 15 is 0 Å². The number of halogens is 1. The smallest absolute Gasteiger partial charge is 0.137 e. The molecule has 0 spiro atoms. The standard InChI is InChI=1S/C19H25ClN4/c1-14-9-10-24(11-16-7-5-4-6-8-16)12-17(14)23(3)19-15(2)18(20)21-13-22-19/h4-8,13-14,17H,9-12H2,1-3H3/t14-,17+/m1/s1. The summed E-state index contributed by atoms with van der Waals surface area (Å²) in [5, 5.41) is 0.538. The van der Waals surface area contributed by atoms with Crippen LogP contribution in [0.3, 0.4) is 0 Å². The topological polar surface area (TPSA) is 32.3 Å². The van der Waals surface area contributed by atoms with Crippen LogP contribution in [-0.4, -0.2) is 41.0 Å². The van der Waals surface area contributed by atoms with Gasteiger partial charge in [0.1, 0.15) is 17.3 Å². The van der Waals surface area contributed by atoms with Gasteiger partial charge in [-0.3, -0.25) is 4.90 Å². The number of anilines is 1. The molecule has 24 heavy (non-hydrogen) atoms. The highest BCUT2D eigenvalue weighted by Crippen LogP contribution is 2.28. The van der Waals surface area contributed by atoms with E-state index in [1.807, 2.05) is 6.92 Å². The quantitative estimate of drug-likeness (QED) is 0.790. The Balaban J connectivity index is 1.75. The van der Waals surface area contributed by atoms with Gasteiger partial charge in [-0.05, 0) is 31.4 Å². The van der Waals surface area contributed by atoms with E-state index in [9.17, 15) is 0 Å². The Morgan fingerprint density at radius 3 is 2.75 bits per heavy atom. The van der Waals surface area contributed by atoms with E-state index in [0.717, 1.165) is 31.0 Å². The number of likely N-dealkylation sites (tertiary alicyclic amines) is 1. The van der Waals surface area contributed by atoms with Crippen LogP contribution in [0.25, 0.3) is 0 Å². The van der Waals surface area contributed by atoms with Gasteiger partial charge in [0.05, 0.1) is 0 Å². The Bertz CT molecular complexity index is 676. The van der Waals surface area contributed by atoms with Gasteiger partial charge < -0.3 is 4.90 Å². The fourth-order valence-corrected chi connectivity index (χ4v) is 3.66. The molecule has 1 saturated heterocycles. The van der Waals surface area contributed by atoms with Gasteiger partial charge in [0.15, 0.2) is 0 Å². The maximum atomic E-state index is 6.18. The van der Waals surface area contributed by atoms with E-state index in [1.165, 1.54) is 12.0 Å². The summed E-state index contributed by atoms with van der Waals surface area (Å²) in [6.07, 6.45) is 2.75. The molecule has 2 heterocycles. The van der Waals surface area contributed by atoms with Crippen molar-refractivity contribution in [2.45, 2.75) is 32.9 Å². The molecule has 128 valence electrons. The summed E-state index contributed by atoms with van der Waals surface area (Å²) in [4.78, 5) is 13.4. The molecule has 1 aromatic heterocycles. The second kappa shape index (κ2) is 7.49. The fourth-order valence-electron chi connectivity index (χ4n) is 3.54. The van der Waals surface area contributed by atoms with E-state index < -0.39 is 0 Å². The normalized spacial score (nSPS) is 21.7. The maximum absolute atomic E-state index is 6.18. The van der Waals surface area contributed by atoms with Gasteiger partial charge in [0, 0.05) is 31.7 Å². The third-order valence-electron chi connectivity index (χ3n) is 5.08. The molecule has 0 aliphatic carbocycles. The van der Waals surface area contributed by atoms with Crippen LogP contribution >= 0.6 is 11.6 Å². The van der Waals surface area contributed by atoms with Crippen molar-refractivity contribution in [3.8, 4) is 0 Å². The third kappa shape index (κ3) is 3.70. The summed E-state index contributed by atoms with van der Waals surface area (Å²) < 4.78 is 0. The molecule has 2 atom stereocenters.